The molecule has 1 aromatic carbocycles. The summed E-state index contributed by atoms with van der Waals surface area (Å²) < 4.78 is 48.0. The van der Waals surface area contributed by atoms with Crippen molar-refractivity contribution in [3.8, 4) is 6.07 Å². The first-order valence-corrected chi connectivity index (χ1v) is 15.1. The van der Waals surface area contributed by atoms with Crippen LogP contribution in [0, 0.1) is 11.3 Å². The second-order valence-corrected chi connectivity index (χ2v) is 12.4. The number of anilines is 2. The van der Waals surface area contributed by atoms with Crippen molar-refractivity contribution in [1.29, 1.82) is 5.26 Å². The molecule has 1 fully saturated rings. The molecule has 5 rings (SSSR count). The smallest absolute Gasteiger partial charge is 0.423 e. The van der Waals surface area contributed by atoms with Gasteiger partial charge in [0.05, 0.1) is 23.5 Å². The Morgan fingerprint density at radius 3 is 2.45 bits per heavy atom. The molecule has 15 heteroatoms. The highest BCUT2D eigenvalue weighted by atomic mass is 19.4. The van der Waals surface area contributed by atoms with Gasteiger partial charge in [0, 0.05) is 58.4 Å². The summed E-state index contributed by atoms with van der Waals surface area (Å²) in [5, 5.41) is 14.5. The molecule has 2 aromatic heterocycles. The average Bonchev–Trinajstić information content (AvgIpc) is 3.39. The summed E-state index contributed by atoms with van der Waals surface area (Å²) in [7, 11) is 0. The molecule has 0 aliphatic carbocycles. The molecule has 2 amide bonds. The van der Waals surface area contributed by atoms with Crippen LogP contribution in [0.2, 0.25) is 0 Å². The lowest BCUT2D eigenvalue weighted by atomic mass is 10.0. The summed E-state index contributed by atoms with van der Waals surface area (Å²) in [6, 6.07) is 11.8. The number of hydrogen-bond acceptors (Lipinski definition) is 9. The van der Waals surface area contributed by atoms with Crippen molar-refractivity contribution in [2.24, 2.45) is 0 Å². The number of nitrogens with zero attached hydrogens (tertiary/aromatic N) is 7. The number of nitrogens with one attached hydrogen (secondary N) is 1. The molecule has 1 N–H and O–H groups in total. The number of alkyl halides is 3. The van der Waals surface area contributed by atoms with Gasteiger partial charge >= 0.3 is 12.3 Å². The molecule has 12 nitrogen and oxygen atoms in total. The normalized spacial score (nSPS) is 16.4. The standard InChI is InChI=1S/C32H35F3N8O4/c1-31(2,3)47-30(46)42(11-10-27(44)41-14-12-40(13-15-41)26-9-8-21(16-36)17-37-26)20-25-23-7-5-4-6-22(23)19-43(25)24-18-38-39-29(45)28(24)32(33,34)35/h4-9,17-18,25H,10-15,19-20H2,1-3H3,(H,39,45). The number of aromatic amines is 1. The Hall–Kier alpha value is -5.13. The largest absolute Gasteiger partial charge is 0.444 e. The van der Waals surface area contributed by atoms with Crippen LogP contribution in [-0.4, -0.2) is 81.9 Å². The monoisotopic (exact) mass is 652 g/mol. The van der Waals surface area contributed by atoms with Gasteiger partial charge in [0.2, 0.25) is 5.91 Å². The third-order valence-electron chi connectivity index (χ3n) is 8.03. The van der Waals surface area contributed by atoms with Gasteiger partial charge < -0.3 is 24.3 Å². The fourth-order valence-corrected chi connectivity index (χ4v) is 5.80. The van der Waals surface area contributed by atoms with Crippen LogP contribution in [0.15, 0.2) is 53.6 Å². The van der Waals surface area contributed by atoms with Crippen molar-refractivity contribution in [2.45, 2.75) is 51.6 Å². The zero-order valence-electron chi connectivity index (χ0n) is 26.3. The lowest BCUT2D eigenvalue weighted by Gasteiger charge is -2.36. The quantitative estimate of drug-likeness (QED) is 0.400. The van der Waals surface area contributed by atoms with Gasteiger partial charge in [0.15, 0.2) is 0 Å². The van der Waals surface area contributed by atoms with E-state index < -0.39 is 40.7 Å². The maximum absolute atomic E-state index is 14.1. The molecule has 2 aliphatic rings. The second-order valence-electron chi connectivity index (χ2n) is 12.4. The molecule has 0 bridgehead atoms. The van der Waals surface area contributed by atoms with E-state index in [1.165, 1.54) is 16.0 Å². The van der Waals surface area contributed by atoms with Crippen LogP contribution in [0.5, 0.6) is 0 Å². The van der Waals surface area contributed by atoms with E-state index in [1.54, 1.807) is 62.1 Å². The molecular formula is C32H35F3N8O4. The van der Waals surface area contributed by atoms with Gasteiger partial charge in [-0.2, -0.15) is 23.5 Å². The molecule has 47 heavy (non-hydrogen) atoms. The molecule has 1 saturated heterocycles. The van der Waals surface area contributed by atoms with Crippen LogP contribution >= 0.6 is 0 Å². The minimum absolute atomic E-state index is 0.0386. The van der Waals surface area contributed by atoms with Gasteiger partial charge in [0.25, 0.3) is 5.56 Å². The van der Waals surface area contributed by atoms with E-state index in [9.17, 15) is 27.6 Å². The summed E-state index contributed by atoms with van der Waals surface area (Å²) >= 11 is 0. The van der Waals surface area contributed by atoms with Crippen LogP contribution in [-0.2, 0) is 22.3 Å². The number of ether oxygens (including phenoxy) is 1. The Bertz CT molecular complexity index is 1710. The molecular weight excluding hydrogens is 617 g/mol. The highest BCUT2D eigenvalue weighted by Gasteiger charge is 2.42. The maximum atomic E-state index is 14.1. The number of hydrogen-bond donors (Lipinski definition) is 1. The maximum Gasteiger partial charge on any atom is 0.423 e. The SMILES string of the molecule is CC(C)(C)OC(=O)N(CCC(=O)N1CCN(c2ccc(C#N)cn2)CC1)CC1c2ccccc2CN1c1cn[nH]c(=O)c1C(F)(F)F. The Kier molecular flexibility index (Phi) is 9.41. The molecule has 1 unspecified atom stereocenters. The molecule has 3 aromatic rings. The minimum Gasteiger partial charge on any atom is -0.444 e. The van der Waals surface area contributed by atoms with E-state index in [-0.39, 0.29) is 32.0 Å². The number of H-pyrrole nitrogens is 1. The third-order valence-corrected chi connectivity index (χ3v) is 8.03. The molecule has 4 heterocycles. The van der Waals surface area contributed by atoms with E-state index in [0.717, 1.165) is 11.8 Å². The summed E-state index contributed by atoms with van der Waals surface area (Å²) in [5.74, 6) is 0.519. The van der Waals surface area contributed by atoms with E-state index in [4.69, 9.17) is 10.00 Å². The predicted molar refractivity (Wildman–Crippen MR) is 165 cm³/mol. The average molecular weight is 653 g/mol. The first-order chi connectivity index (χ1) is 22.2. The zero-order chi connectivity index (χ0) is 33.9. The van der Waals surface area contributed by atoms with E-state index >= 15 is 0 Å². The summed E-state index contributed by atoms with van der Waals surface area (Å²) in [5.41, 5.74) is -2.14. The van der Waals surface area contributed by atoms with Crippen LogP contribution in [0.1, 0.15) is 55.5 Å². The van der Waals surface area contributed by atoms with Gasteiger partial charge in [-0.05, 0) is 44.0 Å². The highest BCUT2D eigenvalue weighted by Crippen LogP contribution is 2.42. The number of halogens is 3. The number of benzene rings is 1. The minimum atomic E-state index is -4.96. The van der Waals surface area contributed by atoms with Crippen molar-refractivity contribution in [1.82, 2.24) is 25.0 Å². The van der Waals surface area contributed by atoms with Crippen LogP contribution in [0.25, 0.3) is 0 Å². The number of rotatable bonds is 7. The second kappa shape index (κ2) is 13.3. The van der Waals surface area contributed by atoms with Crippen molar-refractivity contribution in [3.63, 3.8) is 0 Å². The predicted octanol–water partition coefficient (Wildman–Crippen LogP) is 4.09. The van der Waals surface area contributed by atoms with Crippen LogP contribution in [0.4, 0.5) is 29.5 Å². The van der Waals surface area contributed by atoms with Crippen molar-refractivity contribution in [2.75, 3.05) is 49.1 Å². The molecule has 248 valence electrons. The lowest BCUT2D eigenvalue weighted by molar-refractivity contribution is -0.138. The number of pyridine rings is 1. The molecule has 2 aliphatic heterocycles. The Morgan fingerprint density at radius 2 is 1.81 bits per heavy atom. The van der Waals surface area contributed by atoms with Crippen LogP contribution < -0.4 is 15.4 Å². The number of amides is 2. The molecule has 0 saturated carbocycles. The van der Waals surface area contributed by atoms with Crippen molar-refractivity contribution < 1.29 is 27.5 Å². The summed E-state index contributed by atoms with van der Waals surface area (Å²) in [4.78, 5) is 50.0. The fraction of sp³-hybridized carbons (Fsp3) is 0.438. The lowest BCUT2D eigenvalue weighted by Crippen LogP contribution is -2.50. The Balaban J connectivity index is 1.35. The number of carbonyl (C=O) groups is 2. The molecule has 0 radical (unpaired) electrons. The van der Waals surface area contributed by atoms with Crippen molar-refractivity contribution in [3.05, 3.63) is 81.4 Å². The van der Waals surface area contributed by atoms with Gasteiger partial charge in [-0.25, -0.2) is 14.9 Å². The van der Waals surface area contributed by atoms with Gasteiger partial charge in [-0.1, -0.05) is 24.3 Å². The number of aromatic nitrogens is 3. The molecule has 0 spiro atoms. The van der Waals surface area contributed by atoms with E-state index in [0.29, 0.717) is 43.1 Å². The Morgan fingerprint density at radius 1 is 1.09 bits per heavy atom. The topological polar surface area (TPSA) is 139 Å². The Labute approximate surface area is 269 Å². The summed E-state index contributed by atoms with van der Waals surface area (Å²) in [6.45, 7) is 6.90. The van der Waals surface area contributed by atoms with Gasteiger partial charge in [-0.3, -0.25) is 9.59 Å². The number of fused-ring (bicyclic) bond motifs is 1. The number of carbonyl (C=O) groups excluding carboxylic acids is 2. The molecule has 1 atom stereocenters. The van der Waals surface area contributed by atoms with Crippen molar-refractivity contribution >= 4 is 23.5 Å². The zero-order valence-corrected chi connectivity index (χ0v) is 26.3. The van der Waals surface area contributed by atoms with E-state index in [2.05, 4.69) is 10.1 Å². The first-order valence-electron chi connectivity index (χ1n) is 15.1. The fourth-order valence-electron chi connectivity index (χ4n) is 5.80. The number of piperazine rings is 1. The van der Waals surface area contributed by atoms with Gasteiger partial charge in [-0.15, -0.1) is 0 Å². The summed E-state index contributed by atoms with van der Waals surface area (Å²) in [6.07, 6.45) is -3.24. The number of nitriles is 1. The van der Waals surface area contributed by atoms with Crippen LogP contribution in [0.3, 0.4) is 0 Å². The van der Waals surface area contributed by atoms with E-state index in [1.807, 2.05) is 16.1 Å². The highest BCUT2D eigenvalue weighted by molar-refractivity contribution is 5.77. The third kappa shape index (κ3) is 7.65. The first kappa shape index (κ1) is 33.2. The van der Waals surface area contributed by atoms with Gasteiger partial charge in [0.1, 0.15) is 23.1 Å².